The molecule has 0 amide bonds. The number of methoxy groups -OCH3 is 1. The van der Waals surface area contributed by atoms with Crippen LogP contribution in [0.2, 0.25) is 0 Å². The first-order valence-electron chi connectivity index (χ1n) is 7.32. The predicted octanol–water partition coefficient (Wildman–Crippen LogP) is 2.69. The minimum absolute atomic E-state index is 0.418. The van der Waals surface area contributed by atoms with Crippen LogP contribution < -0.4 is 10.1 Å². The Kier molecular flexibility index (Phi) is 5.23. The number of hydrogen-bond acceptors (Lipinski definition) is 3. The normalized spacial score (nSPS) is 21.5. The van der Waals surface area contributed by atoms with Gasteiger partial charge in [0.15, 0.2) is 0 Å². The van der Waals surface area contributed by atoms with Crippen LogP contribution in [0.1, 0.15) is 31.9 Å². The first kappa shape index (κ1) is 14.4. The minimum atomic E-state index is 0.418. The zero-order valence-electron chi connectivity index (χ0n) is 12.4. The molecule has 0 aromatic heterocycles. The van der Waals surface area contributed by atoms with Gasteiger partial charge < -0.3 is 15.0 Å². The summed E-state index contributed by atoms with van der Waals surface area (Å²) in [5, 5.41) is 3.60. The second-order valence-electron chi connectivity index (χ2n) is 5.54. The molecule has 1 saturated heterocycles. The maximum atomic E-state index is 5.23. The average molecular weight is 262 g/mol. The van der Waals surface area contributed by atoms with Crippen molar-refractivity contribution in [1.29, 1.82) is 0 Å². The van der Waals surface area contributed by atoms with Crippen molar-refractivity contribution in [3.05, 3.63) is 29.8 Å². The van der Waals surface area contributed by atoms with Crippen molar-refractivity contribution in [2.45, 2.75) is 26.3 Å². The second kappa shape index (κ2) is 6.92. The van der Waals surface area contributed by atoms with E-state index in [0.29, 0.717) is 6.04 Å². The molecule has 2 atom stereocenters. The number of hydrogen-bond donors (Lipinski definition) is 1. The Bertz CT molecular complexity index is 377. The summed E-state index contributed by atoms with van der Waals surface area (Å²) in [6, 6.07) is 8.86. The third-order valence-corrected chi connectivity index (χ3v) is 3.92. The molecule has 0 radical (unpaired) electrons. The molecule has 1 fully saturated rings. The zero-order chi connectivity index (χ0) is 13.7. The van der Waals surface area contributed by atoms with Crippen LogP contribution in [0.4, 0.5) is 0 Å². The van der Waals surface area contributed by atoms with Crippen molar-refractivity contribution in [2.75, 3.05) is 33.3 Å². The molecule has 0 spiro atoms. The second-order valence-corrected chi connectivity index (χ2v) is 5.54. The van der Waals surface area contributed by atoms with Crippen LogP contribution in [-0.2, 0) is 0 Å². The van der Waals surface area contributed by atoms with Gasteiger partial charge in [-0.1, -0.05) is 26.0 Å². The lowest BCUT2D eigenvalue weighted by molar-refractivity contribution is 0.286. The smallest absolute Gasteiger partial charge is 0.118 e. The van der Waals surface area contributed by atoms with Crippen molar-refractivity contribution in [1.82, 2.24) is 10.2 Å². The highest BCUT2D eigenvalue weighted by molar-refractivity contribution is 5.29. The fourth-order valence-electron chi connectivity index (χ4n) is 2.82. The van der Waals surface area contributed by atoms with Crippen molar-refractivity contribution >= 4 is 0 Å². The number of benzene rings is 1. The number of likely N-dealkylation sites (tertiary alicyclic amines) is 1. The van der Waals surface area contributed by atoms with Gasteiger partial charge in [-0.25, -0.2) is 0 Å². The van der Waals surface area contributed by atoms with Crippen LogP contribution in [-0.4, -0.2) is 38.2 Å². The molecule has 2 rings (SSSR count). The molecule has 3 heteroatoms. The van der Waals surface area contributed by atoms with E-state index in [-0.39, 0.29) is 0 Å². The molecule has 1 heterocycles. The van der Waals surface area contributed by atoms with Crippen LogP contribution in [0.3, 0.4) is 0 Å². The van der Waals surface area contributed by atoms with Crippen LogP contribution in [0.15, 0.2) is 24.3 Å². The van der Waals surface area contributed by atoms with Crippen LogP contribution in [0, 0.1) is 5.92 Å². The molecule has 2 unspecified atom stereocenters. The Hall–Kier alpha value is -1.06. The number of nitrogens with zero attached hydrogens (tertiary/aromatic N) is 1. The van der Waals surface area contributed by atoms with E-state index in [1.807, 2.05) is 12.1 Å². The summed E-state index contributed by atoms with van der Waals surface area (Å²) in [5.74, 6) is 1.77. The van der Waals surface area contributed by atoms with Gasteiger partial charge in [0.25, 0.3) is 0 Å². The van der Waals surface area contributed by atoms with Gasteiger partial charge >= 0.3 is 0 Å². The summed E-state index contributed by atoms with van der Waals surface area (Å²) in [6.45, 7) is 9.08. The van der Waals surface area contributed by atoms with E-state index >= 15 is 0 Å². The Labute approximate surface area is 116 Å². The van der Waals surface area contributed by atoms with Crippen molar-refractivity contribution < 1.29 is 4.74 Å². The van der Waals surface area contributed by atoms with E-state index in [1.165, 1.54) is 25.1 Å². The largest absolute Gasteiger partial charge is 0.497 e. The van der Waals surface area contributed by atoms with E-state index in [0.717, 1.165) is 24.8 Å². The lowest BCUT2D eigenvalue weighted by Crippen LogP contribution is -2.34. The van der Waals surface area contributed by atoms with Crippen molar-refractivity contribution in [2.24, 2.45) is 5.92 Å². The summed E-state index contributed by atoms with van der Waals surface area (Å²) < 4.78 is 5.23. The molecule has 1 aromatic rings. The zero-order valence-corrected chi connectivity index (χ0v) is 12.4. The average Bonchev–Trinajstić information content (AvgIpc) is 2.84. The Morgan fingerprint density at radius 2 is 2.11 bits per heavy atom. The predicted molar refractivity (Wildman–Crippen MR) is 79.6 cm³/mol. The van der Waals surface area contributed by atoms with E-state index < -0.39 is 0 Å². The summed E-state index contributed by atoms with van der Waals surface area (Å²) in [7, 11) is 1.71. The van der Waals surface area contributed by atoms with Crippen molar-refractivity contribution in [3.63, 3.8) is 0 Å². The highest BCUT2D eigenvalue weighted by Gasteiger charge is 2.22. The van der Waals surface area contributed by atoms with E-state index in [9.17, 15) is 0 Å². The summed E-state index contributed by atoms with van der Waals surface area (Å²) >= 11 is 0. The Morgan fingerprint density at radius 1 is 1.37 bits per heavy atom. The fraction of sp³-hybridized carbons (Fsp3) is 0.625. The molecular weight excluding hydrogens is 236 g/mol. The molecule has 0 bridgehead atoms. The van der Waals surface area contributed by atoms with Gasteiger partial charge in [0, 0.05) is 19.1 Å². The third kappa shape index (κ3) is 3.95. The third-order valence-electron chi connectivity index (χ3n) is 3.92. The van der Waals surface area contributed by atoms with Crippen LogP contribution >= 0.6 is 0 Å². The standard InChI is InChI=1S/C16H26N2O/c1-4-17-16(12-18-10-9-13(2)11-18)14-5-7-15(19-3)8-6-14/h5-8,13,16-17H,4,9-12H2,1-3H3. The monoisotopic (exact) mass is 262 g/mol. The molecule has 1 aromatic carbocycles. The molecular formula is C16H26N2O. The topological polar surface area (TPSA) is 24.5 Å². The van der Waals surface area contributed by atoms with Crippen LogP contribution in [0.5, 0.6) is 5.75 Å². The highest BCUT2D eigenvalue weighted by Crippen LogP contribution is 2.22. The number of rotatable bonds is 6. The lowest BCUT2D eigenvalue weighted by Gasteiger charge is -2.25. The summed E-state index contributed by atoms with van der Waals surface area (Å²) in [6.07, 6.45) is 1.33. The molecule has 1 aliphatic heterocycles. The SMILES string of the molecule is CCNC(CN1CCC(C)C1)c1ccc(OC)cc1. The summed E-state index contributed by atoms with van der Waals surface area (Å²) in [5.41, 5.74) is 1.35. The first-order valence-corrected chi connectivity index (χ1v) is 7.32. The van der Waals surface area contributed by atoms with E-state index in [1.54, 1.807) is 7.11 Å². The van der Waals surface area contributed by atoms with Crippen LogP contribution in [0.25, 0.3) is 0 Å². The van der Waals surface area contributed by atoms with Gasteiger partial charge in [0.2, 0.25) is 0 Å². The van der Waals surface area contributed by atoms with Gasteiger partial charge in [0.1, 0.15) is 5.75 Å². The molecule has 106 valence electrons. The fourth-order valence-corrected chi connectivity index (χ4v) is 2.82. The van der Waals surface area contributed by atoms with E-state index in [4.69, 9.17) is 4.74 Å². The van der Waals surface area contributed by atoms with Gasteiger partial charge in [-0.05, 0) is 43.1 Å². The maximum absolute atomic E-state index is 5.23. The molecule has 1 aliphatic rings. The highest BCUT2D eigenvalue weighted by atomic mass is 16.5. The van der Waals surface area contributed by atoms with Gasteiger partial charge in [0.05, 0.1) is 7.11 Å². The van der Waals surface area contributed by atoms with Crippen molar-refractivity contribution in [3.8, 4) is 5.75 Å². The van der Waals surface area contributed by atoms with Gasteiger partial charge in [-0.15, -0.1) is 0 Å². The number of ether oxygens (including phenoxy) is 1. The molecule has 19 heavy (non-hydrogen) atoms. The van der Waals surface area contributed by atoms with E-state index in [2.05, 4.69) is 36.2 Å². The number of nitrogens with one attached hydrogen (secondary N) is 1. The summed E-state index contributed by atoms with van der Waals surface area (Å²) in [4.78, 5) is 2.57. The quantitative estimate of drug-likeness (QED) is 0.853. The Morgan fingerprint density at radius 3 is 2.63 bits per heavy atom. The molecule has 3 nitrogen and oxygen atoms in total. The Balaban J connectivity index is 2.01. The van der Waals surface area contributed by atoms with Gasteiger partial charge in [-0.2, -0.15) is 0 Å². The molecule has 0 aliphatic carbocycles. The molecule has 1 N–H and O–H groups in total. The minimum Gasteiger partial charge on any atom is -0.497 e. The van der Waals surface area contributed by atoms with Gasteiger partial charge in [-0.3, -0.25) is 0 Å². The molecule has 0 saturated carbocycles. The maximum Gasteiger partial charge on any atom is 0.118 e. The first-order chi connectivity index (χ1) is 9.22. The lowest BCUT2D eigenvalue weighted by atomic mass is 10.1. The number of likely N-dealkylation sites (N-methyl/N-ethyl adjacent to an activating group) is 1.